The first-order valence-electron chi connectivity index (χ1n) is 7.62. The first-order chi connectivity index (χ1) is 10.9. The summed E-state index contributed by atoms with van der Waals surface area (Å²) in [5, 5.41) is 30.6. The number of aromatic hydroxyl groups is 2. The van der Waals surface area contributed by atoms with E-state index in [0.29, 0.717) is 23.2 Å². The molecule has 5 heteroatoms. The summed E-state index contributed by atoms with van der Waals surface area (Å²) < 4.78 is 13.8. The number of hydrogen-bond acceptors (Lipinski definition) is 4. The summed E-state index contributed by atoms with van der Waals surface area (Å²) in [7, 11) is 0. The Kier molecular flexibility index (Phi) is 4.00. The van der Waals surface area contributed by atoms with Crippen molar-refractivity contribution in [2.75, 3.05) is 0 Å². The molecule has 1 aliphatic rings. The molecule has 0 saturated heterocycles. The Labute approximate surface area is 134 Å². The van der Waals surface area contributed by atoms with Crippen LogP contribution in [0.2, 0.25) is 0 Å². The largest absolute Gasteiger partial charge is 0.508 e. The number of benzene rings is 2. The Hall–Kier alpha value is -2.11. The summed E-state index contributed by atoms with van der Waals surface area (Å²) in [6, 6.07) is 7.75. The fourth-order valence-electron chi connectivity index (χ4n) is 3.06. The maximum Gasteiger partial charge on any atom is 0.137 e. The van der Waals surface area contributed by atoms with Crippen LogP contribution in [0, 0.1) is 5.82 Å². The van der Waals surface area contributed by atoms with E-state index in [2.05, 4.69) is 0 Å². The third-order valence-corrected chi connectivity index (χ3v) is 4.37. The molecule has 0 spiro atoms. The van der Waals surface area contributed by atoms with Crippen LogP contribution in [0.15, 0.2) is 30.3 Å². The van der Waals surface area contributed by atoms with Crippen LogP contribution in [-0.2, 0) is 13.1 Å². The van der Waals surface area contributed by atoms with Crippen LogP contribution < -0.4 is 0 Å². The first-order valence-corrected chi connectivity index (χ1v) is 7.62. The first kappa shape index (κ1) is 15.8. The van der Waals surface area contributed by atoms with Crippen molar-refractivity contribution < 1.29 is 19.7 Å². The Morgan fingerprint density at radius 1 is 1.04 bits per heavy atom. The van der Waals surface area contributed by atoms with Crippen molar-refractivity contribution in [3.05, 3.63) is 58.4 Å². The third-order valence-electron chi connectivity index (χ3n) is 4.37. The average Bonchev–Trinajstić information content (AvgIpc) is 2.92. The van der Waals surface area contributed by atoms with Gasteiger partial charge in [-0.2, -0.15) is 0 Å². The number of aliphatic hydroxyl groups excluding tert-OH is 1. The van der Waals surface area contributed by atoms with Crippen LogP contribution in [0.25, 0.3) is 0 Å². The molecule has 0 aromatic heterocycles. The topological polar surface area (TPSA) is 63.9 Å². The molecule has 1 atom stereocenters. The number of phenols is 2. The molecule has 2 aromatic rings. The zero-order valence-electron chi connectivity index (χ0n) is 13.1. The highest BCUT2D eigenvalue weighted by Gasteiger charge is 2.29. The number of aliphatic hydroxyl groups is 1. The molecule has 1 aliphatic heterocycles. The van der Waals surface area contributed by atoms with Crippen molar-refractivity contribution in [2.45, 2.75) is 39.1 Å². The van der Waals surface area contributed by atoms with E-state index in [0.717, 1.165) is 5.56 Å². The number of rotatable bonds is 3. The van der Waals surface area contributed by atoms with E-state index >= 15 is 0 Å². The van der Waals surface area contributed by atoms with Crippen molar-refractivity contribution in [2.24, 2.45) is 0 Å². The Bertz CT molecular complexity index is 745. The molecule has 0 fully saturated rings. The predicted octanol–water partition coefficient (Wildman–Crippen LogP) is 3.37. The van der Waals surface area contributed by atoms with Gasteiger partial charge in [0.2, 0.25) is 0 Å². The summed E-state index contributed by atoms with van der Waals surface area (Å²) in [4.78, 5) is 1.68. The minimum Gasteiger partial charge on any atom is -0.508 e. The van der Waals surface area contributed by atoms with E-state index < -0.39 is 6.23 Å². The van der Waals surface area contributed by atoms with E-state index in [1.807, 2.05) is 19.9 Å². The number of nitrogens with zero attached hydrogens (tertiary/aromatic N) is 1. The highest BCUT2D eigenvalue weighted by atomic mass is 19.1. The van der Waals surface area contributed by atoms with E-state index in [-0.39, 0.29) is 29.8 Å². The molecule has 3 N–H and O–H groups in total. The molecular formula is C18H20FNO3. The van der Waals surface area contributed by atoms with Gasteiger partial charge in [0.15, 0.2) is 0 Å². The van der Waals surface area contributed by atoms with E-state index in [4.69, 9.17) is 0 Å². The smallest absolute Gasteiger partial charge is 0.137 e. The maximum atomic E-state index is 13.8. The quantitative estimate of drug-likeness (QED) is 0.812. The molecule has 0 saturated carbocycles. The lowest BCUT2D eigenvalue weighted by Crippen LogP contribution is -2.23. The van der Waals surface area contributed by atoms with Gasteiger partial charge in [-0.1, -0.05) is 26.0 Å². The number of hydrogen-bond donors (Lipinski definition) is 3. The van der Waals surface area contributed by atoms with Crippen LogP contribution in [-0.4, -0.2) is 20.2 Å². The minimum absolute atomic E-state index is 0.00389. The van der Waals surface area contributed by atoms with Crippen molar-refractivity contribution in [3.8, 4) is 11.5 Å². The third kappa shape index (κ3) is 2.78. The number of halogens is 1. The molecule has 122 valence electrons. The second-order valence-electron chi connectivity index (χ2n) is 6.28. The predicted molar refractivity (Wildman–Crippen MR) is 84.5 cm³/mol. The number of fused-ring (bicyclic) bond motifs is 1. The summed E-state index contributed by atoms with van der Waals surface area (Å²) in [5.41, 5.74) is 2.39. The van der Waals surface area contributed by atoms with Crippen LogP contribution in [0.3, 0.4) is 0 Å². The summed E-state index contributed by atoms with van der Waals surface area (Å²) in [5.74, 6) is -0.398. The lowest BCUT2D eigenvalue weighted by molar-refractivity contribution is -0.00367. The SMILES string of the molecule is CC(C)c1cc(C(O)N2Cc3cccc(F)c3C2)c(O)cc1O. The van der Waals surface area contributed by atoms with Gasteiger partial charge in [-0.05, 0) is 29.2 Å². The lowest BCUT2D eigenvalue weighted by Gasteiger charge is -2.24. The fraction of sp³-hybridized carbons (Fsp3) is 0.333. The normalized spacial score (nSPS) is 15.9. The van der Waals surface area contributed by atoms with Gasteiger partial charge in [0.1, 0.15) is 23.5 Å². The number of phenolic OH excluding ortho intramolecular Hbond substituents is 2. The summed E-state index contributed by atoms with van der Waals surface area (Å²) in [6.45, 7) is 4.53. The monoisotopic (exact) mass is 317 g/mol. The van der Waals surface area contributed by atoms with Gasteiger partial charge < -0.3 is 15.3 Å². The van der Waals surface area contributed by atoms with Gasteiger partial charge in [0, 0.05) is 30.3 Å². The summed E-state index contributed by atoms with van der Waals surface area (Å²) in [6.07, 6.45) is -1.07. The van der Waals surface area contributed by atoms with Crippen molar-refractivity contribution in [3.63, 3.8) is 0 Å². The zero-order valence-corrected chi connectivity index (χ0v) is 13.1. The Morgan fingerprint density at radius 2 is 1.74 bits per heavy atom. The Balaban J connectivity index is 1.92. The molecule has 1 heterocycles. The highest BCUT2D eigenvalue weighted by Crippen LogP contribution is 2.38. The van der Waals surface area contributed by atoms with Gasteiger partial charge in [-0.15, -0.1) is 0 Å². The van der Waals surface area contributed by atoms with Crippen LogP contribution >= 0.6 is 0 Å². The van der Waals surface area contributed by atoms with Crippen LogP contribution in [0.4, 0.5) is 4.39 Å². The van der Waals surface area contributed by atoms with E-state index in [1.165, 1.54) is 12.1 Å². The highest BCUT2D eigenvalue weighted by molar-refractivity contribution is 5.47. The molecule has 0 radical (unpaired) electrons. The van der Waals surface area contributed by atoms with Gasteiger partial charge in [-0.25, -0.2) is 4.39 Å². The van der Waals surface area contributed by atoms with Gasteiger partial charge in [0.05, 0.1) is 0 Å². The van der Waals surface area contributed by atoms with Crippen LogP contribution in [0.1, 0.15) is 48.2 Å². The van der Waals surface area contributed by atoms with Gasteiger partial charge >= 0.3 is 0 Å². The molecule has 1 unspecified atom stereocenters. The lowest BCUT2D eigenvalue weighted by atomic mass is 9.98. The molecule has 0 aliphatic carbocycles. The zero-order chi connectivity index (χ0) is 16.7. The molecule has 2 aromatic carbocycles. The van der Waals surface area contributed by atoms with Crippen molar-refractivity contribution in [1.82, 2.24) is 4.90 Å². The van der Waals surface area contributed by atoms with Crippen molar-refractivity contribution in [1.29, 1.82) is 0 Å². The maximum absolute atomic E-state index is 13.8. The van der Waals surface area contributed by atoms with E-state index in [1.54, 1.807) is 17.0 Å². The molecular weight excluding hydrogens is 297 g/mol. The molecule has 4 nitrogen and oxygen atoms in total. The second kappa shape index (κ2) is 5.83. The molecule has 3 rings (SSSR count). The minimum atomic E-state index is -1.07. The van der Waals surface area contributed by atoms with Gasteiger partial charge in [-0.3, -0.25) is 4.90 Å². The second-order valence-corrected chi connectivity index (χ2v) is 6.28. The Morgan fingerprint density at radius 3 is 2.39 bits per heavy atom. The molecule has 23 heavy (non-hydrogen) atoms. The molecule has 0 bridgehead atoms. The molecule has 0 amide bonds. The van der Waals surface area contributed by atoms with Crippen LogP contribution in [0.5, 0.6) is 11.5 Å². The van der Waals surface area contributed by atoms with Crippen molar-refractivity contribution >= 4 is 0 Å². The fourth-order valence-corrected chi connectivity index (χ4v) is 3.06. The van der Waals surface area contributed by atoms with E-state index in [9.17, 15) is 19.7 Å². The summed E-state index contributed by atoms with van der Waals surface area (Å²) >= 11 is 0. The standard InChI is InChI=1S/C18H20FNO3/c1-10(2)12-6-13(17(22)7-16(12)21)18(23)20-8-11-4-3-5-15(19)14(11)9-20/h3-7,10,18,21-23H,8-9H2,1-2H3. The average molecular weight is 317 g/mol. The van der Waals surface area contributed by atoms with Gasteiger partial charge in [0.25, 0.3) is 0 Å².